The van der Waals surface area contributed by atoms with Gasteiger partial charge in [-0.3, -0.25) is 4.79 Å². The summed E-state index contributed by atoms with van der Waals surface area (Å²) in [5, 5.41) is 4.48. The summed E-state index contributed by atoms with van der Waals surface area (Å²) in [5.41, 5.74) is -0.492. The third-order valence-electron chi connectivity index (χ3n) is 4.58. The van der Waals surface area contributed by atoms with Crippen molar-refractivity contribution in [3.05, 3.63) is 82.9 Å². The highest BCUT2D eigenvalue weighted by atomic mass is 35.5. The SMILES string of the molecule is CSc1nc(C(=O)n2nc(-c3ccc(Cl)cc3)cc2C(F)(F)F)cc(-c2ccc(F)cc2)n1. The third-order valence-corrected chi connectivity index (χ3v) is 5.38. The van der Waals surface area contributed by atoms with Gasteiger partial charge >= 0.3 is 6.18 Å². The number of nitrogens with zero attached hydrogens (tertiary/aromatic N) is 4. The van der Waals surface area contributed by atoms with Gasteiger partial charge in [0.1, 0.15) is 11.5 Å². The molecule has 0 radical (unpaired) electrons. The molecule has 0 bridgehead atoms. The van der Waals surface area contributed by atoms with Gasteiger partial charge in [0.25, 0.3) is 5.91 Å². The fraction of sp³-hybridized carbons (Fsp3) is 0.0909. The van der Waals surface area contributed by atoms with Crippen LogP contribution in [-0.4, -0.2) is 31.9 Å². The van der Waals surface area contributed by atoms with E-state index in [0.717, 1.165) is 17.8 Å². The van der Waals surface area contributed by atoms with Crippen molar-refractivity contribution in [1.82, 2.24) is 19.7 Å². The summed E-state index contributed by atoms with van der Waals surface area (Å²) >= 11 is 6.95. The first kappa shape index (κ1) is 22.9. The van der Waals surface area contributed by atoms with Crippen LogP contribution in [0.1, 0.15) is 16.2 Å². The summed E-state index contributed by atoms with van der Waals surface area (Å²) in [6.45, 7) is 0. The summed E-state index contributed by atoms with van der Waals surface area (Å²) in [4.78, 5) is 21.5. The van der Waals surface area contributed by atoms with Gasteiger partial charge in [0.05, 0.1) is 11.4 Å². The van der Waals surface area contributed by atoms with Crippen molar-refractivity contribution in [1.29, 1.82) is 0 Å². The van der Waals surface area contributed by atoms with Crippen LogP contribution in [-0.2, 0) is 6.18 Å². The van der Waals surface area contributed by atoms with Crippen LogP contribution in [0.2, 0.25) is 5.02 Å². The van der Waals surface area contributed by atoms with E-state index < -0.39 is 23.6 Å². The molecule has 0 aliphatic carbocycles. The highest BCUT2D eigenvalue weighted by Crippen LogP contribution is 2.33. The number of hydrogen-bond acceptors (Lipinski definition) is 5. The van der Waals surface area contributed by atoms with Crippen molar-refractivity contribution in [2.45, 2.75) is 11.3 Å². The van der Waals surface area contributed by atoms with E-state index in [-0.39, 0.29) is 26.9 Å². The Hall–Kier alpha value is -3.24. The number of thioether (sulfide) groups is 1. The van der Waals surface area contributed by atoms with E-state index in [9.17, 15) is 22.4 Å². The van der Waals surface area contributed by atoms with Crippen molar-refractivity contribution in [3.63, 3.8) is 0 Å². The Labute approximate surface area is 194 Å². The number of carbonyl (C=O) groups is 1. The maximum absolute atomic E-state index is 13.7. The van der Waals surface area contributed by atoms with Crippen molar-refractivity contribution < 1.29 is 22.4 Å². The molecule has 33 heavy (non-hydrogen) atoms. The smallest absolute Gasteiger partial charge is 0.265 e. The summed E-state index contributed by atoms with van der Waals surface area (Å²) in [7, 11) is 0. The van der Waals surface area contributed by atoms with Gasteiger partial charge in [-0.25, -0.2) is 14.4 Å². The van der Waals surface area contributed by atoms with Gasteiger partial charge in [0, 0.05) is 16.1 Å². The second kappa shape index (κ2) is 8.95. The fourth-order valence-corrected chi connectivity index (χ4v) is 3.51. The molecule has 4 rings (SSSR count). The van der Waals surface area contributed by atoms with Crippen LogP contribution >= 0.6 is 23.4 Å². The Balaban J connectivity index is 1.82. The van der Waals surface area contributed by atoms with E-state index in [1.807, 2.05) is 0 Å². The predicted octanol–water partition coefficient (Wildman–Crippen LogP) is 6.23. The summed E-state index contributed by atoms with van der Waals surface area (Å²) in [6.07, 6.45) is -3.19. The minimum absolute atomic E-state index is 0.0507. The van der Waals surface area contributed by atoms with E-state index in [2.05, 4.69) is 15.1 Å². The number of hydrogen-bond donors (Lipinski definition) is 0. The third kappa shape index (κ3) is 4.91. The van der Waals surface area contributed by atoms with Crippen LogP contribution < -0.4 is 0 Å². The number of alkyl halides is 3. The number of halogens is 5. The molecule has 0 unspecified atom stereocenters. The Morgan fingerprint density at radius 2 is 1.55 bits per heavy atom. The molecule has 2 aromatic heterocycles. The van der Waals surface area contributed by atoms with Crippen LogP contribution in [0.5, 0.6) is 0 Å². The second-order valence-corrected chi connectivity index (χ2v) is 7.98. The minimum atomic E-state index is -4.84. The molecule has 0 spiro atoms. The monoisotopic (exact) mass is 492 g/mol. The molecule has 0 N–H and O–H groups in total. The quantitative estimate of drug-likeness (QED) is 0.192. The van der Waals surface area contributed by atoms with Gasteiger partial charge in [-0.15, -0.1) is 0 Å². The lowest BCUT2D eigenvalue weighted by molar-refractivity contribution is -0.143. The highest BCUT2D eigenvalue weighted by Gasteiger charge is 2.38. The van der Waals surface area contributed by atoms with Gasteiger partial charge in [0.2, 0.25) is 0 Å². The molecule has 11 heteroatoms. The Bertz CT molecular complexity index is 1320. The number of benzene rings is 2. The lowest BCUT2D eigenvalue weighted by atomic mass is 10.1. The van der Waals surface area contributed by atoms with E-state index in [0.29, 0.717) is 16.1 Å². The van der Waals surface area contributed by atoms with Crippen LogP contribution in [0, 0.1) is 5.82 Å². The maximum Gasteiger partial charge on any atom is 0.433 e. The Morgan fingerprint density at radius 1 is 0.939 bits per heavy atom. The topological polar surface area (TPSA) is 60.7 Å². The van der Waals surface area contributed by atoms with Crippen LogP contribution in [0.25, 0.3) is 22.5 Å². The van der Waals surface area contributed by atoms with Crippen molar-refractivity contribution in [3.8, 4) is 22.5 Å². The summed E-state index contributed by atoms with van der Waals surface area (Å²) in [6, 6.07) is 13.4. The highest BCUT2D eigenvalue weighted by molar-refractivity contribution is 7.98. The number of rotatable bonds is 4. The van der Waals surface area contributed by atoms with E-state index in [4.69, 9.17) is 11.6 Å². The van der Waals surface area contributed by atoms with Gasteiger partial charge in [-0.2, -0.15) is 23.0 Å². The molecular formula is C22H13ClF4N4OS. The predicted molar refractivity (Wildman–Crippen MR) is 117 cm³/mol. The molecule has 0 fully saturated rings. The molecule has 0 amide bonds. The van der Waals surface area contributed by atoms with Crippen molar-refractivity contribution >= 4 is 29.3 Å². The average molecular weight is 493 g/mol. The summed E-state index contributed by atoms with van der Waals surface area (Å²) in [5.74, 6) is -1.54. The van der Waals surface area contributed by atoms with Crippen molar-refractivity contribution in [2.75, 3.05) is 6.26 Å². The van der Waals surface area contributed by atoms with Gasteiger partial charge in [0.15, 0.2) is 10.9 Å². The van der Waals surface area contributed by atoms with Crippen LogP contribution in [0.3, 0.4) is 0 Å². The minimum Gasteiger partial charge on any atom is -0.265 e. The standard InChI is InChI=1S/C22H13ClF4N4OS/c1-33-21-28-16(12-4-8-15(24)9-5-12)10-18(29-21)20(32)31-19(22(25,26)27)11-17(30-31)13-2-6-14(23)7-3-13/h2-11H,1H3. The van der Waals surface area contributed by atoms with E-state index >= 15 is 0 Å². The number of aromatic nitrogens is 4. The fourth-order valence-electron chi connectivity index (χ4n) is 3.00. The molecule has 2 aromatic carbocycles. The molecule has 4 aromatic rings. The Kier molecular flexibility index (Phi) is 6.22. The zero-order valence-corrected chi connectivity index (χ0v) is 18.3. The molecule has 0 atom stereocenters. The largest absolute Gasteiger partial charge is 0.433 e. The lowest BCUT2D eigenvalue weighted by Gasteiger charge is -2.10. The van der Waals surface area contributed by atoms with Crippen LogP contribution in [0.4, 0.5) is 17.6 Å². The lowest BCUT2D eigenvalue weighted by Crippen LogP contribution is -2.23. The van der Waals surface area contributed by atoms with Gasteiger partial charge in [-0.05, 0) is 54.8 Å². The average Bonchev–Trinajstić information content (AvgIpc) is 3.25. The molecule has 0 saturated carbocycles. The van der Waals surface area contributed by atoms with Gasteiger partial charge < -0.3 is 0 Å². The summed E-state index contributed by atoms with van der Waals surface area (Å²) < 4.78 is 54.8. The first-order valence-corrected chi connectivity index (χ1v) is 10.9. The van der Waals surface area contributed by atoms with E-state index in [1.54, 1.807) is 6.26 Å². The maximum atomic E-state index is 13.7. The second-order valence-electron chi connectivity index (χ2n) is 6.77. The zero-order chi connectivity index (χ0) is 23.8. The van der Waals surface area contributed by atoms with Crippen LogP contribution in [0.15, 0.2) is 65.8 Å². The first-order valence-electron chi connectivity index (χ1n) is 9.32. The molecule has 0 aliphatic heterocycles. The molecule has 2 heterocycles. The van der Waals surface area contributed by atoms with E-state index in [1.165, 1.54) is 54.6 Å². The molecule has 5 nitrogen and oxygen atoms in total. The van der Waals surface area contributed by atoms with Gasteiger partial charge in [-0.1, -0.05) is 35.5 Å². The normalized spacial score (nSPS) is 11.6. The zero-order valence-electron chi connectivity index (χ0n) is 16.8. The first-order chi connectivity index (χ1) is 15.7. The molecular weight excluding hydrogens is 480 g/mol. The number of carbonyl (C=O) groups excluding carboxylic acids is 1. The molecule has 0 saturated heterocycles. The van der Waals surface area contributed by atoms with Crippen molar-refractivity contribution in [2.24, 2.45) is 0 Å². The molecule has 168 valence electrons. The Morgan fingerprint density at radius 3 is 2.15 bits per heavy atom. The molecule has 0 aliphatic rings.